The average Bonchev–Trinajstić information content (AvgIpc) is 3.17. The maximum Gasteiger partial charge on any atom is 0.297 e. The van der Waals surface area contributed by atoms with Crippen LogP contribution in [0.15, 0.2) is 29.9 Å². The summed E-state index contributed by atoms with van der Waals surface area (Å²) in [6.45, 7) is 0.624. The van der Waals surface area contributed by atoms with Crippen molar-refractivity contribution in [3.8, 4) is 0 Å². The molecule has 1 fully saturated rings. The molecule has 0 spiro atoms. The van der Waals surface area contributed by atoms with E-state index in [2.05, 4.69) is 4.98 Å². The van der Waals surface area contributed by atoms with E-state index in [4.69, 9.17) is 0 Å². The van der Waals surface area contributed by atoms with Crippen molar-refractivity contribution in [3.63, 3.8) is 0 Å². The van der Waals surface area contributed by atoms with Gasteiger partial charge in [-0.2, -0.15) is 0 Å². The Morgan fingerprint density at radius 2 is 2.24 bits per heavy atom. The second kappa shape index (κ2) is 5.81. The van der Waals surface area contributed by atoms with Crippen LogP contribution in [0.2, 0.25) is 0 Å². The average molecular weight is 303 g/mol. The molecule has 1 aliphatic heterocycles. The van der Waals surface area contributed by atoms with Crippen LogP contribution < -0.4 is 0 Å². The van der Waals surface area contributed by atoms with Gasteiger partial charge in [-0.3, -0.25) is 9.59 Å². The number of thiazole rings is 1. The number of aryl methyl sites for hydroxylation is 1. The molecular formula is C15H17N3O2S. The molecule has 0 aliphatic carbocycles. The molecule has 1 atom stereocenters. The zero-order chi connectivity index (χ0) is 14.8. The van der Waals surface area contributed by atoms with Crippen molar-refractivity contribution in [2.75, 3.05) is 6.54 Å². The molecule has 0 saturated carbocycles. The van der Waals surface area contributed by atoms with Gasteiger partial charge in [0, 0.05) is 31.4 Å². The second-order valence-corrected chi connectivity index (χ2v) is 6.14. The van der Waals surface area contributed by atoms with Crippen LogP contribution in [-0.4, -0.2) is 32.7 Å². The Morgan fingerprint density at radius 3 is 2.90 bits per heavy atom. The summed E-state index contributed by atoms with van der Waals surface area (Å²) in [6.07, 6.45) is 6.39. The number of amides is 1. The summed E-state index contributed by atoms with van der Waals surface area (Å²) in [6, 6.07) is 3.40. The summed E-state index contributed by atoms with van der Waals surface area (Å²) in [4.78, 5) is 31.0. The van der Waals surface area contributed by atoms with Gasteiger partial charge in [-0.1, -0.05) is 0 Å². The van der Waals surface area contributed by atoms with Crippen LogP contribution in [0.3, 0.4) is 0 Å². The van der Waals surface area contributed by atoms with Gasteiger partial charge in [0.25, 0.3) is 11.7 Å². The molecule has 3 heterocycles. The Bertz CT molecular complexity index is 648. The van der Waals surface area contributed by atoms with E-state index in [-0.39, 0.29) is 6.04 Å². The molecule has 0 radical (unpaired) electrons. The van der Waals surface area contributed by atoms with E-state index in [1.807, 2.05) is 5.38 Å². The molecule has 5 nitrogen and oxygen atoms in total. The molecule has 6 heteroatoms. The van der Waals surface area contributed by atoms with Crippen LogP contribution in [0.1, 0.15) is 40.8 Å². The molecule has 1 aliphatic rings. The lowest BCUT2D eigenvalue weighted by atomic mass is 10.0. The topological polar surface area (TPSA) is 55.2 Å². The van der Waals surface area contributed by atoms with Gasteiger partial charge in [-0.25, -0.2) is 4.98 Å². The third-order valence-electron chi connectivity index (χ3n) is 3.87. The molecule has 0 unspecified atom stereocenters. The summed E-state index contributed by atoms with van der Waals surface area (Å²) in [7, 11) is 1.77. The van der Waals surface area contributed by atoms with Crippen LogP contribution >= 0.6 is 11.3 Å². The number of carbonyl (C=O) groups is 2. The molecule has 0 N–H and O–H groups in total. The quantitative estimate of drug-likeness (QED) is 0.646. The Morgan fingerprint density at radius 1 is 1.38 bits per heavy atom. The Labute approximate surface area is 127 Å². The minimum atomic E-state index is -0.439. The molecule has 2 aromatic heterocycles. The van der Waals surface area contributed by atoms with Crippen LogP contribution in [0.4, 0.5) is 0 Å². The summed E-state index contributed by atoms with van der Waals surface area (Å²) in [5.74, 6) is -0.859. The number of likely N-dealkylation sites (tertiary alicyclic amines) is 1. The van der Waals surface area contributed by atoms with Crippen molar-refractivity contribution < 1.29 is 9.59 Å². The van der Waals surface area contributed by atoms with Gasteiger partial charge in [0.1, 0.15) is 5.01 Å². The van der Waals surface area contributed by atoms with Crippen molar-refractivity contribution in [2.45, 2.75) is 25.3 Å². The minimum Gasteiger partial charge on any atom is -0.348 e. The molecule has 1 saturated heterocycles. The number of hydrogen-bond donors (Lipinski definition) is 0. The fourth-order valence-corrected chi connectivity index (χ4v) is 3.55. The molecule has 0 aromatic carbocycles. The second-order valence-electron chi connectivity index (χ2n) is 5.21. The number of rotatable bonds is 3. The van der Waals surface area contributed by atoms with Gasteiger partial charge in [0.2, 0.25) is 0 Å². The first-order valence-corrected chi connectivity index (χ1v) is 7.92. The van der Waals surface area contributed by atoms with E-state index in [0.29, 0.717) is 12.2 Å². The van der Waals surface area contributed by atoms with Gasteiger partial charge in [0.05, 0.1) is 11.7 Å². The van der Waals surface area contributed by atoms with E-state index >= 15 is 0 Å². The van der Waals surface area contributed by atoms with E-state index in [1.54, 1.807) is 52.4 Å². The van der Waals surface area contributed by atoms with Crippen molar-refractivity contribution in [1.82, 2.24) is 14.5 Å². The predicted molar refractivity (Wildman–Crippen MR) is 80.2 cm³/mol. The lowest BCUT2D eigenvalue weighted by Gasteiger charge is -2.34. The molecule has 0 bridgehead atoms. The monoisotopic (exact) mass is 303 g/mol. The number of ketones is 1. The summed E-state index contributed by atoms with van der Waals surface area (Å²) in [5, 5.41) is 2.83. The maximum atomic E-state index is 12.6. The summed E-state index contributed by atoms with van der Waals surface area (Å²) >= 11 is 1.54. The van der Waals surface area contributed by atoms with Crippen LogP contribution in [0.25, 0.3) is 0 Å². The normalized spacial score (nSPS) is 18.7. The molecule has 1 amide bonds. The van der Waals surface area contributed by atoms with Crippen molar-refractivity contribution in [3.05, 3.63) is 40.6 Å². The van der Waals surface area contributed by atoms with Gasteiger partial charge < -0.3 is 9.47 Å². The Kier molecular flexibility index (Phi) is 3.88. The third-order valence-corrected chi connectivity index (χ3v) is 4.75. The van der Waals surface area contributed by atoms with E-state index < -0.39 is 11.7 Å². The largest absolute Gasteiger partial charge is 0.348 e. The number of nitrogens with zero attached hydrogens (tertiary/aromatic N) is 3. The fraction of sp³-hybridized carbons (Fsp3) is 0.400. The van der Waals surface area contributed by atoms with Crippen molar-refractivity contribution >= 4 is 23.0 Å². The third kappa shape index (κ3) is 2.63. The smallest absolute Gasteiger partial charge is 0.297 e. The van der Waals surface area contributed by atoms with Gasteiger partial charge in [-0.05, 0) is 31.4 Å². The first-order valence-electron chi connectivity index (χ1n) is 7.04. The molecule has 3 rings (SSSR count). The van der Waals surface area contributed by atoms with Gasteiger partial charge in [-0.15, -0.1) is 11.3 Å². The van der Waals surface area contributed by atoms with E-state index in [1.165, 1.54) is 0 Å². The van der Waals surface area contributed by atoms with E-state index in [9.17, 15) is 9.59 Å². The standard InChI is InChI=1S/C15H17N3O2S/c1-17-8-4-6-11(17)13(19)15(20)18-9-3-2-5-12(18)14-16-7-10-21-14/h4,6-8,10,12H,2-3,5,9H2,1H3/t12-/m1/s1. The zero-order valence-electron chi connectivity index (χ0n) is 11.9. The number of aromatic nitrogens is 2. The van der Waals surface area contributed by atoms with Crippen LogP contribution in [-0.2, 0) is 11.8 Å². The number of piperidine rings is 1. The maximum absolute atomic E-state index is 12.6. The highest BCUT2D eigenvalue weighted by Gasteiger charge is 2.34. The van der Waals surface area contributed by atoms with Gasteiger partial charge in [0.15, 0.2) is 0 Å². The van der Waals surface area contributed by atoms with E-state index in [0.717, 1.165) is 24.3 Å². The first-order chi connectivity index (χ1) is 10.2. The first kappa shape index (κ1) is 14.0. The lowest BCUT2D eigenvalue weighted by Crippen LogP contribution is -2.42. The predicted octanol–water partition coefficient (Wildman–Crippen LogP) is 2.42. The SMILES string of the molecule is Cn1cccc1C(=O)C(=O)N1CCCC[C@@H]1c1nccs1. The summed E-state index contributed by atoms with van der Waals surface area (Å²) < 4.78 is 1.68. The van der Waals surface area contributed by atoms with Crippen molar-refractivity contribution in [1.29, 1.82) is 0 Å². The molecular weight excluding hydrogens is 286 g/mol. The van der Waals surface area contributed by atoms with Crippen molar-refractivity contribution in [2.24, 2.45) is 7.05 Å². The number of carbonyl (C=O) groups excluding carboxylic acids is 2. The summed E-state index contributed by atoms with van der Waals surface area (Å²) in [5.41, 5.74) is 0.434. The minimum absolute atomic E-state index is 0.0598. The highest BCUT2D eigenvalue weighted by molar-refractivity contribution is 7.09. The van der Waals surface area contributed by atoms with Crippen LogP contribution in [0, 0.1) is 0 Å². The Balaban J connectivity index is 1.85. The molecule has 2 aromatic rings. The zero-order valence-corrected chi connectivity index (χ0v) is 12.7. The lowest BCUT2D eigenvalue weighted by molar-refractivity contribution is -0.130. The number of hydrogen-bond acceptors (Lipinski definition) is 4. The number of Topliss-reactive ketones (excluding diaryl/α,β-unsaturated/α-hetero) is 1. The van der Waals surface area contributed by atoms with Gasteiger partial charge >= 0.3 is 0 Å². The Hall–Kier alpha value is -1.95. The highest BCUT2D eigenvalue weighted by Crippen LogP contribution is 2.32. The highest BCUT2D eigenvalue weighted by atomic mass is 32.1. The molecule has 21 heavy (non-hydrogen) atoms. The van der Waals surface area contributed by atoms with Crippen LogP contribution in [0.5, 0.6) is 0 Å². The fourth-order valence-electron chi connectivity index (χ4n) is 2.77. The molecule has 110 valence electrons.